The van der Waals surface area contributed by atoms with Crippen molar-refractivity contribution in [2.45, 2.75) is 98.3 Å². The molecule has 34 heavy (non-hydrogen) atoms. The third-order valence-corrected chi connectivity index (χ3v) is 7.67. The summed E-state index contributed by atoms with van der Waals surface area (Å²) in [5, 5.41) is 0. The van der Waals surface area contributed by atoms with E-state index >= 15 is 0 Å². The van der Waals surface area contributed by atoms with Crippen LogP contribution in [-0.2, 0) is 19.2 Å². The van der Waals surface area contributed by atoms with Crippen molar-refractivity contribution in [2.24, 2.45) is 17.8 Å². The number of carbonyl (C=O) groups excluding carboxylic acids is 4. The molecule has 4 fully saturated rings. The normalized spacial score (nSPS) is 25.1. The molecule has 0 aromatic carbocycles. The highest BCUT2D eigenvalue weighted by Gasteiger charge is 2.63. The second-order valence-corrected chi connectivity index (χ2v) is 11.5. The molecule has 1 unspecified atom stereocenters. The number of rotatable bonds is 6. The van der Waals surface area contributed by atoms with Crippen molar-refractivity contribution in [3.05, 3.63) is 0 Å². The van der Waals surface area contributed by atoms with Crippen molar-refractivity contribution in [1.82, 2.24) is 19.6 Å². The van der Waals surface area contributed by atoms with Gasteiger partial charge in [0.2, 0.25) is 23.6 Å². The highest BCUT2D eigenvalue weighted by atomic mass is 16.2. The van der Waals surface area contributed by atoms with Crippen molar-refractivity contribution in [3.8, 4) is 0 Å². The van der Waals surface area contributed by atoms with Gasteiger partial charge in [-0.2, -0.15) is 0 Å². The fourth-order valence-corrected chi connectivity index (χ4v) is 4.87. The Kier molecular flexibility index (Phi) is 8.81. The Morgan fingerprint density at radius 3 is 1.68 bits per heavy atom. The Hall–Kier alpha value is -2.12. The Morgan fingerprint density at radius 2 is 1.29 bits per heavy atom. The van der Waals surface area contributed by atoms with Crippen molar-refractivity contribution in [1.29, 1.82) is 0 Å². The van der Waals surface area contributed by atoms with Crippen molar-refractivity contribution >= 4 is 23.6 Å². The molecule has 3 heterocycles. The summed E-state index contributed by atoms with van der Waals surface area (Å²) >= 11 is 0. The molecule has 1 aliphatic carbocycles. The summed E-state index contributed by atoms with van der Waals surface area (Å²) in [7, 11) is 3.63. The van der Waals surface area contributed by atoms with Crippen LogP contribution in [0.15, 0.2) is 0 Å². The monoisotopic (exact) mass is 478 g/mol. The molecule has 1 atom stereocenters. The maximum absolute atomic E-state index is 12.6. The first-order chi connectivity index (χ1) is 15.7. The molecule has 3 aliphatic heterocycles. The zero-order valence-corrected chi connectivity index (χ0v) is 22.9. The van der Waals surface area contributed by atoms with Gasteiger partial charge in [0.15, 0.2) is 0 Å². The lowest BCUT2D eigenvalue weighted by Gasteiger charge is -2.44. The standard InChI is InChI=1S/C14H24N2O2.C12H22N2O2/c1-9(2)12(17)16-8-11-6-14(16,7-11)13(18)15(5)10(3)4;1-8(2)11(15)14-7-6-10(14)12(16)13(5)9(3)4/h9-11H,6-8H2,1-5H3;8-10H,6-7H2,1-5H3. The molecule has 4 aliphatic rings. The van der Waals surface area contributed by atoms with Gasteiger partial charge in [-0.25, -0.2) is 0 Å². The van der Waals surface area contributed by atoms with Crippen LogP contribution >= 0.6 is 0 Å². The minimum atomic E-state index is -0.509. The number of amides is 4. The van der Waals surface area contributed by atoms with Gasteiger partial charge in [-0.3, -0.25) is 19.2 Å². The molecular weight excluding hydrogens is 432 g/mol. The predicted molar refractivity (Wildman–Crippen MR) is 133 cm³/mol. The molecular formula is C26H46N4O4. The number of fused-ring (bicyclic) bond motifs is 1. The van der Waals surface area contributed by atoms with Gasteiger partial charge < -0.3 is 19.6 Å². The van der Waals surface area contributed by atoms with Gasteiger partial charge in [0.05, 0.1) is 0 Å². The van der Waals surface area contributed by atoms with Gasteiger partial charge in [-0.15, -0.1) is 0 Å². The molecule has 8 nitrogen and oxygen atoms in total. The van der Waals surface area contributed by atoms with E-state index in [1.54, 1.807) is 21.7 Å². The summed E-state index contributed by atoms with van der Waals surface area (Å²) in [5.41, 5.74) is -0.509. The highest BCUT2D eigenvalue weighted by Crippen LogP contribution is 2.52. The first-order valence-electron chi connectivity index (χ1n) is 12.8. The topological polar surface area (TPSA) is 81.2 Å². The Morgan fingerprint density at radius 1 is 0.794 bits per heavy atom. The molecule has 4 amide bonds. The molecule has 0 N–H and O–H groups in total. The maximum atomic E-state index is 12.6. The van der Waals surface area contributed by atoms with E-state index in [1.807, 2.05) is 67.3 Å². The summed E-state index contributed by atoms with van der Waals surface area (Å²) in [6, 6.07) is 0.147. The van der Waals surface area contributed by atoms with E-state index in [9.17, 15) is 19.2 Å². The molecule has 3 saturated heterocycles. The first kappa shape index (κ1) is 28.1. The number of likely N-dealkylation sites (N-methyl/N-ethyl adjacent to an activating group) is 2. The Labute approximate surface area is 206 Å². The highest BCUT2D eigenvalue weighted by molar-refractivity contribution is 5.94. The summed E-state index contributed by atoms with van der Waals surface area (Å²) in [6.07, 6.45) is 2.52. The second kappa shape index (κ2) is 10.6. The van der Waals surface area contributed by atoms with Crippen LogP contribution in [0.1, 0.15) is 74.7 Å². The molecule has 4 rings (SSSR count). The van der Waals surface area contributed by atoms with Gasteiger partial charge in [0.25, 0.3) is 0 Å². The largest absolute Gasteiger partial charge is 0.342 e. The number of hydrogen-bond donors (Lipinski definition) is 0. The van der Waals surface area contributed by atoms with Crippen molar-refractivity contribution in [2.75, 3.05) is 27.2 Å². The van der Waals surface area contributed by atoms with E-state index in [4.69, 9.17) is 0 Å². The second-order valence-electron chi connectivity index (χ2n) is 11.5. The smallest absolute Gasteiger partial charge is 0.248 e. The maximum Gasteiger partial charge on any atom is 0.248 e. The van der Waals surface area contributed by atoms with Crippen LogP contribution in [0.4, 0.5) is 0 Å². The molecule has 8 heteroatoms. The van der Waals surface area contributed by atoms with E-state index in [-0.39, 0.29) is 53.6 Å². The van der Waals surface area contributed by atoms with E-state index in [1.165, 1.54) is 0 Å². The van der Waals surface area contributed by atoms with Crippen LogP contribution < -0.4 is 0 Å². The van der Waals surface area contributed by atoms with E-state index in [2.05, 4.69) is 0 Å². The average molecular weight is 479 g/mol. The average Bonchev–Trinajstić information content (AvgIpc) is 3.27. The fraction of sp³-hybridized carbons (Fsp3) is 0.846. The Bertz CT molecular complexity index is 786. The predicted octanol–water partition coefficient (Wildman–Crippen LogP) is 2.61. The van der Waals surface area contributed by atoms with Gasteiger partial charge in [0.1, 0.15) is 11.6 Å². The van der Waals surface area contributed by atoms with Crippen LogP contribution in [0.3, 0.4) is 0 Å². The molecule has 0 aromatic rings. The molecule has 0 spiro atoms. The minimum absolute atomic E-state index is 0.0278. The molecule has 0 aromatic heterocycles. The molecule has 2 bridgehead atoms. The summed E-state index contributed by atoms with van der Waals surface area (Å²) < 4.78 is 0. The lowest BCUT2D eigenvalue weighted by molar-refractivity contribution is -0.154. The SMILES string of the molecule is CC(C)C(=O)N1CC2CC1(C(=O)N(C)C(C)C)C2.CC(C)C(=O)N1CCC1C(=O)N(C)C(C)C. The fourth-order valence-electron chi connectivity index (χ4n) is 4.87. The van der Waals surface area contributed by atoms with Crippen molar-refractivity contribution in [3.63, 3.8) is 0 Å². The molecule has 1 saturated carbocycles. The lowest BCUT2D eigenvalue weighted by Crippen LogP contribution is -2.60. The quantitative estimate of drug-likeness (QED) is 0.588. The van der Waals surface area contributed by atoms with E-state index in [0.29, 0.717) is 5.92 Å². The summed E-state index contributed by atoms with van der Waals surface area (Å²) in [5.74, 6) is 0.883. The van der Waals surface area contributed by atoms with Crippen molar-refractivity contribution < 1.29 is 19.2 Å². The lowest BCUT2D eigenvalue weighted by atomic mass is 9.72. The zero-order chi connectivity index (χ0) is 26.1. The van der Waals surface area contributed by atoms with Gasteiger partial charge in [-0.05, 0) is 52.9 Å². The minimum Gasteiger partial charge on any atom is -0.342 e. The van der Waals surface area contributed by atoms with Gasteiger partial charge >= 0.3 is 0 Å². The number of likely N-dealkylation sites (tertiary alicyclic amines) is 1. The summed E-state index contributed by atoms with van der Waals surface area (Å²) in [4.78, 5) is 55.7. The first-order valence-corrected chi connectivity index (χ1v) is 12.8. The zero-order valence-electron chi connectivity index (χ0n) is 22.9. The molecule has 194 valence electrons. The van der Waals surface area contributed by atoms with Crippen LogP contribution in [0.2, 0.25) is 0 Å². The van der Waals surface area contributed by atoms with Gasteiger partial charge in [-0.1, -0.05) is 27.7 Å². The summed E-state index contributed by atoms with van der Waals surface area (Å²) in [6.45, 7) is 17.0. The third-order valence-electron chi connectivity index (χ3n) is 7.67. The Balaban J connectivity index is 0.000000242. The third kappa shape index (κ3) is 5.25. The van der Waals surface area contributed by atoms with E-state index in [0.717, 1.165) is 32.4 Å². The number of carbonyl (C=O) groups is 4. The van der Waals surface area contributed by atoms with E-state index < -0.39 is 5.54 Å². The number of nitrogens with zero attached hydrogens (tertiary/aromatic N) is 4. The van der Waals surface area contributed by atoms with Crippen LogP contribution in [0.5, 0.6) is 0 Å². The van der Waals surface area contributed by atoms with Crippen LogP contribution in [0.25, 0.3) is 0 Å². The number of hydrogen-bond acceptors (Lipinski definition) is 4. The van der Waals surface area contributed by atoms with Crippen LogP contribution in [0, 0.1) is 17.8 Å². The van der Waals surface area contributed by atoms with Gasteiger partial charge in [0, 0.05) is 51.1 Å². The van der Waals surface area contributed by atoms with Crippen LogP contribution in [-0.4, -0.2) is 94.1 Å². The molecule has 0 radical (unpaired) electrons.